The lowest BCUT2D eigenvalue weighted by Gasteiger charge is -2.24. The molecule has 1 N–H and O–H groups in total. The molecule has 0 atom stereocenters. The van der Waals surface area contributed by atoms with E-state index < -0.39 is 17.7 Å². The van der Waals surface area contributed by atoms with Crippen LogP contribution >= 0.6 is 0 Å². The number of carbonyl (C=O) groups excluding carboxylic acids is 1. The number of aryl methyl sites for hydroxylation is 1. The molecule has 0 aliphatic rings. The fraction of sp³-hybridized carbons (Fsp3) is 0.192. The van der Waals surface area contributed by atoms with Crippen LogP contribution in [0.5, 0.6) is 11.5 Å². The van der Waals surface area contributed by atoms with Crippen molar-refractivity contribution in [3.05, 3.63) is 94.4 Å². The zero-order chi connectivity index (χ0) is 26.4. The third-order valence-corrected chi connectivity index (χ3v) is 5.71. The number of benzene rings is 3. The molecule has 11 heteroatoms. The predicted octanol–water partition coefficient (Wildman–Crippen LogP) is 3.25. The molecule has 0 aliphatic heterocycles. The summed E-state index contributed by atoms with van der Waals surface area (Å²) in [5.74, 6) is -0.525. The van der Waals surface area contributed by atoms with Gasteiger partial charge in [0.2, 0.25) is 0 Å². The Morgan fingerprint density at radius 3 is 2.32 bits per heavy atom. The normalized spacial score (nSPS) is 10.6. The standard InChI is InChI=1S/C26H25N5O6/c1-36-22-13-7-6-12-20(22)30-26(35)31(28-27-30)25(34)29(16-8-11-18-9-4-3-5-10-18)21-17-19(24(32)33)14-15-23(21)37-2/h3-7,9-10,12-15,17H,8,11,16H2,1-2H3,(H,32,33). The first kappa shape index (κ1) is 25.2. The maximum atomic E-state index is 13.7. The molecule has 4 aromatic rings. The molecule has 0 unspecified atom stereocenters. The highest BCUT2D eigenvalue weighted by Gasteiger charge is 2.26. The number of carbonyl (C=O) groups is 2. The second-order valence-electron chi connectivity index (χ2n) is 7.97. The summed E-state index contributed by atoms with van der Waals surface area (Å²) in [6.45, 7) is 0.154. The number of methoxy groups -OCH3 is 2. The van der Waals surface area contributed by atoms with Crippen LogP contribution in [0.25, 0.3) is 5.69 Å². The Balaban J connectivity index is 1.73. The first-order valence-electron chi connectivity index (χ1n) is 11.4. The van der Waals surface area contributed by atoms with Crippen LogP contribution in [0.3, 0.4) is 0 Å². The van der Waals surface area contributed by atoms with Crippen molar-refractivity contribution in [1.82, 2.24) is 19.8 Å². The molecule has 0 bridgehead atoms. The van der Waals surface area contributed by atoms with Crippen molar-refractivity contribution < 1.29 is 24.2 Å². The van der Waals surface area contributed by atoms with Crippen LogP contribution in [0, 0.1) is 0 Å². The van der Waals surface area contributed by atoms with E-state index in [-0.39, 0.29) is 23.5 Å². The van der Waals surface area contributed by atoms with Crippen molar-refractivity contribution in [2.75, 3.05) is 25.7 Å². The molecule has 0 spiro atoms. The molecule has 4 rings (SSSR count). The quantitative estimate of drug-likeness (QED) is 0.345. The second kappa shape index (κ2) is 11.2. The van der Waals surface area contributed by atoms with Crippen LogP contribution in [0.15, 0.2) is 77.6 Å². The SMILES string of the molecule is COc1ccc(C(=O)O)cc1N(CCCc1ccccc1)C(=O)n1nnn(-c2ccccc2OC)c1=O. The van der Waals surface area contributed by atoms with Gasteiger partial charge in [0.25, 0.3) is 0 Å². The lowest BCUT2D eigenvalue weighted by atomic mass is 10.1. The third-order valence-electron chi connectivity index (χ3n) is 5.71. The van der Waals surface area contributed by atoms with E-state index in [1.807, 2.05) is 30.3 Å². The van der Waals surface area contributed by atoms with Gasteiger partial charge < -0.3 is 14.6 Å². The van der Waals surface area contributed by atoms with Crippen LogP contribution in [-0.2, 0) is 6.42 Å². The summed E-state index contributed by atoms with van der Waals surface area (Å²) in [5.41, 5.74) is 0.729. The molecule has 11 nitrogen and oxygen atoms in total. The Labute approximate surface area is 212 Å². The number of hydrogen-bond donors (Lipinski definition) is 1. The highest BCUT2D eigenvalue weighted by Crippen LogP contribution is 2.30. The summed E-state index contributed by atoms with van der Waals surface area (Å²) < 4.78 is 12.3. The molecule has 0 aliphatic carbocycles. The van der Waals surface area contributed by atoms with E-state index in [1.54, 1.807) is 24.3 Å². The summed E-state index contributed by atoms with van der Waals surface area (Å²) in [7, 11) is 2.87. The first-order chi connectivity index (χ1) is 17.9. The van der Waals surface area contributed by atoms with Crippen molar-refractivity contribution in [2.24, 2.45) is 0 Å². The average Bonchev–Trinajstić information content (AvgIpc) is 3.31. The van der Waals surface area contributed by atoms with Gasteiger partial charge in [0.05, 0.1) is 25.5 Å². The summed E-state index contributed by atoms with van der Waals surface area (Å²) in [6, 6.07) is 19.8. The number of rotatable bonds is 9. The van der Waals surface area contributed by atoms with E-state index in [1.165, 1.54) is 37.3 Å². The molecule has 3 aromatic carbocycles. The number of carboxylic acids is 1. The molecule has 0 fully saturated rings. The van der Waals surface area contributed by atoms with Gasteiger partial charge in [-0.3, -0.25) is 4.90 Å². The maximum Gasteiger partial charge on any atom is 0.377 e. The van der Waals surface area contributed by atoms with Gasteiger partial charge in [-0.1, -0.05) is 42.5 Å². The van der Waals surface area contributed by atoms with E-state index in [9.17, 15) is 19.5 Å². The molecule has 1 amide bonds. The van der Waals surface area contributed by atoms with Crippen LogP contribution in [-0.4, -0.2) is 57.7 Å². The third kappa shape index (κ3) is 5.35. The molecule has 37 heavy (non-hydrogen) atoms. The Morgan fingerprint density at radius 1 is 0.919 bits per heavy atom. The van der Waals surface area contributed by atoms with Gasteiger partial charge in [0.1, 0.15) is 17.2 Å². The van der Waals surface area contributed by atoms with Crippen molar-refractivity contribution in [3.63, 3.8) is 0 Å². The smallest absolute Gasteiger partial charge is 0.377 e. The van der Waals surface area contributed by atoms with Crippen LogP contribution in [0.2, 0.25) is 0 Å². The van der Waals surface area contributed by atoms with Gasteiger partial charge in [0, 0.05) is 6.54 Å². The van der Waals surface area contributed by atoms with E-state index >= 15 is 0 Å². The molecular formula is C26H25N5O6. The topological polar surface area (TPSA) is 129 Å². The summed E-state index contributed by atoms with van der Waals surface area (Å²) in [6.07, 6.45) is 1.17. The zero-order valence-electron chi connectivity index (χ0n) is 20.3. The number of nitrogens with zero attached hydrogens (tertiary/aromatic N) is 5. The zero-order valence-corrected chi connectivity index (χ0v) is 20.3. The average molecular weight is 504 g/mol. The minimum atomic E-state index is -1.17. The number of para-hydroxylation sites is 2. The monoisotopic (exact) mass is 503 g/mol. The number of tetrazole rings is 1. The number of amides is 1. The molecule has 190 valence electrons. The second-order valence-corrected chi connectivity index (χ2v) is 7.97. The van der Waals surface area contributed by atoms with Gasteiger partial charge in [0.15, 0.2) is 0 Å². The van der Waals surface area contributed by atoms with Crippen LogP contribution in [0.4, 0.5) is 10.5 Å². The van der Waals surface area contributed by atoms with Crippen molar-refractivity contribution in [1.29, 1.82) is 0 Å². The number of aromatic carboxylic acids is 1. The summed E-state index contributed by atoms with van der Waals surface area (Å²) in [5, 5.41) is 17.2. The van der Waals surface area contributed by atoms with Crippen molar-refractivity contribution >= 4 is 17.7 Å². The Bertz CT molecular complexity index is 1460. The van der Waals surface area contributed by atoms with Crippen molar-refractivity contribution in [2.45, 2.75) is 12.8 Å². The maximum absolute atomic E-state index is 13.7. The lowest BCUT2D eigenvalue weighted by Crippen LogP contribution is -2.42. The first-order valence-corrected chi connectivity index (χ1v) is 11.4. The van der Waals surface area contributed by atoms with Crippen LogP contribution in [0.1, 0.15) is 22.3 Å². The van der Waals surface area contributed by atoms with E-state index in [0.717, 1.165) is 10.2 Å². The van der Waals surface area contributed by atoms with E-state index in [2.05, 4.69) is 10.4 Å². The van der Waals surface area contributed by atoms with E-state index in [4.69, 9.17) is 9.47 Å². The van der Waals surface area contributed by atoms with Gasteiger partial charge in [-0.05, 0) is 59.2 Å². The highest BCUT2D eigenvalue weighted by atomic mass is 16.5. The fourth-order valence-corrected chi connectivity index (χ4v) is 3.88. The molecule has 1 heterocycles. The fourth-order valence-electron chi connectivity index (χ4n) is 3.88. The largest absolute Gasteiger partial charge is 0.495 e. The molecule has 1 aromatic heterocycles. The molecule has 0 saturated carbocycles. The number of anilines is 1. The van der Waals surface area contributed by atoms with Gasteiger partial charge in [-0.15, -0.1) is 4.68 Å². The number of aromatic nitrogens is 4. The number of ether oxygens (including phenoxy) is 2. The minimum absolute atomic E-state index is 0.0401. The number of hydrogen-bond acceptors (Lipinski definition) is 7. The molecular weight excluding hydrogens is 478 g/mol. The Hall–Kier alpha value is -4.93. The van der Waals surface area contributed by atoms with Gasteiger partial charge in [-0.25, -0.2) is 14.4 Å². The summed E-state index contributed by atoms with van der Waals surface area (Å²) in [4.78, 5) is 39.8. The van der Waals surface area contributed by atoms with Crippen LogP contribution < -0.4 is 20.1 Å². The van der Waals surface area contributed by atoms with Gasteiger partial charge in [-0.2, -0.15) is 4.68 Å². The van der Waals surface area contributed by atoms with E-state index in [0.29, 0.717) is 29.0 Å². The predicted molar refractivity (Wildman–Crippen MR) is 135 cm³/mol. The lowest BCUT2D eigenvalue weighted by molar-refractivity contribution is 0.0697. The summed E-state index contributed by atoms with van der Waals surface area (Å²) >= 11 is 0. The highest BCUT2D eigenvalue weighted by molar-refractivity contribution is 5.97. The molecule has 0 radical (unpaired) electrons. The van der Waals surface area contributed by atoms with Gasteiger partial charge >= 0.3 is 17.7 Å². The Morgan fingerprint density at radius 2 is 1.62 bits per heavy atom. The molecule has 0 saturated heterocycles. The Kier molecular flexibility index (Phi) is 7.62. The van der Waals surface area contributed by atoms with Crippen molar-refractivity contribution in [3.8, 4) is 17.2 Å². The number of carboxylic acid groups (broad SMARTS) is 1. The minimum Gasteiger partial charge on any atom is -0.495 e.